The van der Waals surface area contributed by atoms with Gasteiger partial charge in [-0.05, 0) is 19.1 Å². The normalized spacial score (nSPS) is 11.0. The van der Waals surface area contributed by atoms with Crippen LogP contribution in [0.3, 0.4) is 0 Å². The number of ether oxygens (including phenoxy) is 1. The maximum Gasteiger partial charge on any atom is 0.436 e. The van der Waals surface area contributed by atoms with Crippen molar-refractivity contribution in [3.05, 3.63) is 40.3 Å². The second-order valence-corrected chi connectivity index (χ2v) is 6.51. The molecule has 0 spiro atoms. The molecule has 0 atom stereocenters. The van der Waals surface area contributed by atoms with E-state index in [0.29, 0.717) is 10.6 Å². The Morgan fingerprint density at radius 3 is 2.90 bits per heavy atom. The molecule has 3 rings (SSSR count). The van der Waals surface area contributed by atoms with Gasteiger partial charge in [-0.25, -0.2) is 9.78 Å². The number of H-pyrrole nitrogens is 1. The molecule has 2 heterocycles. The molecule has 0 amide bonds. The van der Waals surface area contributed by atoms with Gasteiger partial charge < -0.3 is 4.74 Å². The number of fused-ring (bicyclic) bond motifs is 1. The Labute approximate surface area is 127 Å². The van der Waals surface area contributed by atoms with Crippen LogP contribution >= 0.6 is 23.1 Å². The Hall–Kier alpha value is -2.06. The highest BCUT2D eigenvalue weighted by Crippen LogP contribution is 2.33. The molecule has 21 heavy (non-hydrogen) atoms. The lowest BCUT2D eigenvalue weighted by Crippen LogP contribution is -2.25. The fraction of sp³-hybridized carbons (Fsp3) is 0.154. The summed E-state index contributed by atoms with van der Waals surface area (Å²) in [6.45, 7) is 1.73. The van der Waals surface area contributed by atoms with Gasteiger partial charge in [0.1, 0.15) is 4.90 Å². The van der Waals surface area contributed by atoms with Gasteiger partial charge in [-0.2, -0.15) is 0 Å². The summed E-state index contributed by atoms with van der Waals surface area (Å²) in [4.78, 5) is 28.6. The second-order valence-electron chi connectivity index (χ2n) is 4.23. The average molecular weight is 321 g/mol. The molecule has 0 bridgehead atoms. The van der Waals surface area contributed by atoms with Gasteiger partial charge in [0, 0.05) is 5.69 Å². The zero-order valence-electron chi connectivity index (χ0n) is 11.2. The molecule has 0 saturated carbocycles. The molecule has 0 saturated heterocycles. The summed E-state index contributed by atoms with van der Waals surface area (Å²) in [5.41, 5.74) is 1.07. The lowest BCUT2D eigenvalue weighted by molar-refractivity contribution is 0.168. The first-order valence-electron chi connectivity index (χ1n) is 6.03. The zero-order chi connectivity index (χ0) is 15.0. The van der Waals surface area contributed by atoms with Crippen LogP contribution in [0.25, 0.3) is 10.2 Å². The third-order valence-corrected chi connectivity index (χ3v) is 5.12. The Morgan fingerprint density at radius 2 is 2.19 bits per heavy atom. The van der Waals surface area contributed by atoms with Gasteiger partial charge in [-0.15, -0.1) is 16.0 Å². The molecule has 1 aromatic carbocycles. The van der Waals surface area contributed by atoms with E-state index in [0.717, 1.165) is 19.2 Å². The molecule has 6 nitrogen and oxygen atoms in total. The highest BCUT2D eigenvalue weighted by molar-refractivity contribution is 8.01. The van der Waals surface area contributed by atoms with Gasteiger partial charge in [-0.3, -0.25) is 9.89 Å². The third-order valence-electron chi connectivity index (χ3n) is 2.84. The Balaban J connectivity index is 2.00. The van der Waals surface area contributed by atoms with Crippen molar-refractivity contribution in [2.75, 3.05) is 7.11 Å². The van der Waals surface area contributed by atoms with Crippen LogP contribution < -0.4 is 5.56 Å². The minimum absolute atomic E-state index is 0.427. The number of para-hydroxylation sites is 1. The lowest BCUT2D eigenvalue weighted by atomic mass is 10.3. The van der Waals surface area contributed by atoms with E-state index in [1.807, 2.05) is 24.3 Å². The Morgan fingerprint density at radius 1 is 1.43 bits per heavy atom. The lowest BCUT2D eigenvalue weighted by Gasteiger charge is -1.95. The molecule has 0 fully saturated rings. The number of hydrogen-bond acceptors (Lipinski definition) is 6. The van der Waals surface area contributed by atoms with Crippen LogP contribution in [0.1, 0.15) is 5.69 Å². The summed E-state index contributed by atoms with van der Waals surface area (Å²) in [5.74, 6) is 0. The molecule has 108 valence electrons. The fourth-order valence-corrected chi connectivity index (χ4v) is 3.93. The predicted molar refractivity (Wildman–Crippen MR) is 81.3 cm³/mol. The van der Waals surface area contributed by atoms with Crippen LogP contribution in [-0.2, 0) is 4.74 Å². The van der Waals surface area contributed by atoms with Gasteiger partial charge in [-0.1, -0.05) is 23.9 Å². The van der Waals surface area contributed by atoms with Crippen LogP contribution in [-0.4, -0.2) is 28.0 Å². The van der Waals surface area contributed by atoms with Gasteiger partial charge in [0.25, 0.3) is 5.56 Å². The molecular weight excluding hydrogens is 310 g/mol. The van der Waals surface area contributed by atoms with Crippen molar-refractivity contribution in [2.24, 2.45) is 0 Å². The number of aryl methyl sites for hydroxylation is 1. The number of rotatable bonds is 2. The highest BCUT2D eigenvalue weighted by Gasteiger charge is 2.18. The summed E-state index contributed by atoms with van der Waals surface area (Å²) in [6, 6.07) is 7.77. The number of aromatic nitrogens is 3. The van der Waals surface area contributed by atoms with Crippen LogP contribution in [0.5, 0.6) is 0 Å². The molecule has 0 radical (unpaired) electrons. The molecule has 0 aliphatic heterocycles. The number of benzene rings is 1. The minimum Gasteiger partial charge on any atom is -0.451 e. The quantitative estimate of drug-likeness (QED) is 0.785. The average Bonchev–Trinajstić information content (AvgIpc) is 3.02. The predicted octanol–water partition coefficient (Wildman–Crippen LogP) is 2.86. The number of nitrogens with zero attached hydrogens (tertiary/aromatic N) is 2. The Kier molecular flexibility index (Phi) is 3.56. The summed E-state index contributed by atoms with van der Waals surface area (Å²) < 4.78 is 7.22. The summed E-state index contributed by atoms with van der Waals surface area (Å²) in [5, 5.41) is 2.70. The SMILES string of the molecule is COC(=O)n1[nH]c(C)c(Sc2nc3ccccc3s2)c1=O. The molecule has 3 aromatic rings. The highest BCUT2D eigenvalue weighted by atomic mass is 32.2. The molecule has 1 N–H and O–H groups in total. The summed E-state index contributed by atoms with van der Waals surface area (Å²) in [7, 11) is 1.23. The van der Waals surface area contributed by atoms with Crippen LogP contribution in [0.4, 0.5) is 4.79 Å². The number of hydrogen-bond donors (Lipinski definition) is 1. The number of carbonyl (C=O) groups excluding carboxylic acids is 1. The van der Waals surface area contributed by atoms with Crippen molar-refractivity contribution in [1.29, 1.82) is 0 Å². The van der Waals surface area contributed by atoms with E-state index < -0.39 is 11.7 Å². The minimum atomic E-state index is -0.737. The van der Waals surface area contributed by atoms with Crippen LogP contribution in [0, 0.1) is 6.92 Å². The first kappa shape index (κ1) is 13.9. The van der Waals surface area contributed by atoms with E-state index >= 15 is 0 Å². The maximum atomic E-state index is 12.2. The van der Waals surface area contributed by atoms with E-state index in [2.05, 4.69) is 14.8 Å². The summed E-state index contributed by atoms with van der Waals surface area (Å²) >= 11 is 2.76. The van der Waals surface area contributed by atoms with E-state index in [9.17, 15) is 9.59 Å². The molecule has 0 aliphatic rings. The second kappa shape index (κ2) is 5.38. The fourth-order valence-electron chi connectivity index (χ4n) is 1.85. The van der Waals surface area contributed by atoms with Gasteiger partial charge in [0.2, 0.25) is 0 Å². The third kappa shape index (κ3) is 2.47. The largest absolute Gasteiger partial charge is 0.451 e. The molecule has 0 unspecified atom stereocenters. The number of methoxy groups -OCH3 is 1. The van der Waals surface area contributed by atoms with Crippen molar-refractivity contribution in [1.82, 2.24) is 14.8 Å². The van der Waals surface area contributed by atoms with Crippen molar-refractivity contribution in [2.45, 2.75) is 16.2 Å². The molecule has 0 aliphatic carbocycles. The van der Waals surface area contributed by atoms with E-state index in [1.54, 1.807) is 6.92 Å². The van der Waals surface area contributed by atoms with Crippen molar-refractivity contribution in [3.63, 3.8) is 0 Å². The first-order chi connectivity index (χ1) is 10.1. The molecule has 2 aromatic heterocycles. The van der Waals surface area contributed by atoms with Crippen molar-refractivity contribution in [3.8, 4) is 0 Å². The van der Waals surface area contributed by atoms with Crippen molar-refractivity contribution >= 4 is 39.4 Å². The number of nitrogens with one attached hydrogen (secondary N) is 1. The maximum absolute atomic E-state index is 12.2. The van der Waals surface area contributed by atoms with Crippen LogP contribution in [0.2, 0.25) is 0 Å². The Bertz CT molecular complexity index is 845. The van der Waals surface area contributed by atoms with Crippen LogP contribution in [0.15, 0.2) is 38.3 Å². The first-order valence-corrected chi connectivity index (χ1v) is 7.67. The standard InChI is InChI=1S/C13H11N3O3S2/c1-7-10(11(17)16(15-7)13(18)19-2)21-12-14-8-5-3-4-6-9(8)20-12/h3-6,15H,1-2H3. The molecule has 8 heteroatoms. The monoisotopic (exact) mass is 321 g/mol. The number of thiazole rings is 1. The van der Waals surface area contributed by atoms with Gasteiger partial charge >= 0.3 is 6.09 Å². The smallest absolute Gasteiger partial charge is 0.436 e. The van der Waals surface area contributed by atoms with E-state index in [4.69, 9.17) is 0 Å². The number of aromatic amines is 1. The van der Waals surface area contributed by atoms with Crippen molar-refractivity contribution < 1.29 is 9.53 Å². The topological polar surface area (TPSA) is 77.0 Å². The van der Waals surface area contributed by atoms with E-state index in [1.165, 1.54) is 30.2 Å². The summed E-state index contributed by atoms with van der Waals surface area (Å²) in [6.07, 6.45) is -0.737. The van der Waals surface area contributed by atoms with Gasteiger partial charge in [0.15, 0.2) is 4.34 Å². The molecular formula is C13H11N3O3S2. The number of carbonyl (C=O) groups is 1. The van der Waals surface area contributed by atoms with E-state index in [-0.39, 0.29) is 0 Å². The van der Waals surface area contributed by atoms with Gasteiger partial charge in [0.05, 0.1) is 17.3 Å². The zero-order valence-corrected chi connectivity index (χ0v) is 12.9.